The van der Waals surface area contributed by atoms with E-state index in [0.29, 0.717) is 23.7 Å². The van der Waals surface area contributed by atoms with Gasteiger partial charge in [-0.05, 0) is 24.5 Å². The van der Waals surface area contributed by atoms with Gasteiger partial charge in [0.15, 0.2) is 0 Å². The molecule has 0 saturated carbocycles. The van der Waals surface area contributed by atoms with Crippen molar-refractivity contribution in [1.29, 1.82) is 0 Å². The van der Waals surface area contributed by atoms with Crippen LogP contribution in [0.1, 0.15) is 24.0 Å². The van der Waals surface area contributed by atoms with Crippen LogP contribution in [0, 0.1) is 0 Å². The van der Waals surface area contributed by atoms with Crippen LogP contribution in [0.3, 0.4) is 0 Å². The van der Waals surface area contributed by atoms with Crippen molar-refractivity contribution < 1.29 is 22.3 Å². The number of alkyl halides is 5. The third kappa shape index (κ3) is 4.18. The molecular weight excluding hydrogens is 304 g/mol. The molecule has 6 heteroatoms. The minimum atomic E-state index is -3.10. The van der Waals surface area contributed by atoms with Crippen molar-refractivity contribution in [1.82, 2.24) is 0 Å². The van der Waals surface area contributed by atoms with Gasteiger partial charge in [0.25, 0.3) is 6.43 Å². The van der Waals surface area contributed by atoms with Gasteiger partial charge in [-0.1, -0.05) is 28.1 Å². The van der Waals surface area contributed by atoms with Gasteiger partial charge >= 0.3 is 6.61 Å². The first-order valence-corrected chi connectivity index (χ1v) is 6.09. The monoisotopic (exact) mass is 314 g/mol. The van der Waals surface area contributed by atoms with Crippen molar-refractivity contribution >= 4 is 15.9 Å². The fraction of sp³-hybridized carbons (Fsp3) is 0.455. The van der Waals surface area contributed by atoms with E-state index in [1.807, 2.05) is 0 Å². The van der Waals surface area contributed by atoms with Crippen LogP contribution in [-0.4, -0.2) is 11.9 Å². The Morgan fingerprint density at radius 2 is 1.88 bits per heavy atom. The van der Waals surface area contributed by atoms with Crippen molar-refractivity contribution in [2.24, 2.45) is 0 Å². The van der Waals surface area contributed by atoms with E-state index in [1.54, 1.807) is 0 Å². The molecule has 0 bridgehead atoms. The lowest BCUT2D eigenvalue weighted by molar-refractivity contribution is -0.0520. The first-order chi connectivity index (χ1) is 8.06. The average molecular weight is 315 g/mol. The summed E-state index contributed by atoms with van der Waals surface area (Å²) in [6, 6.07) is 4.07. The number of ether oxygens (including phenoxy) is 1. The molecule has 0 N–H and O–H groups in total. The van der Waals surface area contributed by atoms with Crippen LogP contribution in [0.25, 0.3) is 0 Å². The summed E-state index contributed by atoms with van der Waals surface area (Å²) < 4.78 is 53.9. The summed E-state index contributed by atoms with van der Waals surface area (Å²) >= 11 is 3.19. The quantitative estimate of drug-likeness (QED) is 0.553. The molecule has 0 heterocycles. The van der Waals surface area contributed by atoms with Gasteiger partial charge in [0.05, 0.1) is 5.56 Å². The maximum atomic E-state index is 12.8. The molecule has 1 rings (SSSR count). The molecule has 96 valence electrons. The van der Waals surface area contributed by atoms with Gasteiger partial charge in [-0.2, -0.15) is 8.78 Å². The third-order valence-electron chi connectivity index (χ3n) is 2.17. The van der Waals surface area contributed by atoms with Gasteiger partial charge < -0.3 is 4.74 Å². The fourth-order valence-corrected chi connectivity index (χ4v) is 1.79. The lowest BCUT2D eigenvalue weighted by Crippen LogP contribution is -2.07. The van der Waals surface area contributed by atoms with E-state index in [-0.39, 0.29) is 0 Å². The molecule has 0 unspecified atom stereocenters. The molecular formula is C11H11BrF4O. The standard InChI is InChI=1S/C11H11BrF4O/c12-6-2-4-7-3-1-5-8(17-11(15)16)9(7)10(13)14/h1,3,5,10-11H,2,4,6H2. The Morgan fingerprint density at radius 1 is 1.18 bits per heavy atom. The highest BCUT2D eigenvalue weighted by atomic mass is 79.9. The molecule has 17 heavy (non-hydrogen) atoms. The maximum Gasteiger partial charge on any atom is 0.387 e. The summed E-state index contributed by atoms with van der Waals surface area (Å²) in [5.41, 5.74) is -0.0913. The highest BCUT2D eigenvalue weighted by Gasteiger charge is 2.20. The number of hydrogen-bond donors (Lipinski definition) is 0. The molecule has 0 aliphatic heterocycles. The van der Waals surface area contributed by atoms with Crippen molar-refractivity contribution in [3.8, 4) is 5.75 Å². The van der Waals surface area contributed by atoms with Gasteiger partial charge in [0.1, 0.15) is 5.75 Å². The van der Waals surface area contributed by atoms with E-state index >= 15 is 0 Å². The van der Waals surface area contributed by atoms with Crippen LogP contribution in [0.4, 0.5) is 17.6 Å². The predicted molar refractivity (Wildman–Crippen MR) is 60.1 cm³/mol. The van der Waals surface area contributed by atoms with E-state index in [4.69, 9.17) is 0 Å². The molecule has 0 spiro atoms. The SMILES string of the molecule is FC(F)Oc1cccc(CCCBr)c1C(F)F. The van der Waals surface area contributed by atoms with Gasteiger partial charge in [-0.15, -0.1) is 0 Å². The minimum Gasteiger partial charge on any atom is -0.434 e. The first kappa shape index (κ1) is 14.3. The van der Waals surface area contributed by atoms with Gasteiger partial charge in [-0.25, -0.2) is 8.78 Å². The Morgan fingerprint density at radius 3 is 2.41 bits per heavy atom. The largest absolute Gasteiger partial charge is 0.434 e. The summed E-state index contributed by atoms with van der Waals surface area (Å²) in [4.78, 5) is 0. The summed E-state index contributed by atoms with van der Waals surface area (Å²) in [5.74, 6) is -0.443. The summed E-state index contributed by atoms with van der Waals surface area (Å²) in [7, 11) is 0. The van der Waals surface area contributed by atoms with Gasteiger partial charge in [0, 0.05) is 5.33 Å². The lowest BCUT2D eigenvalue weighted by atomic mass is 10.0. The molecule has 0 aliphatic carbocycles. The third-order valence-corrected chi connectivity index (χ3v) is 2.73. The Balaban J connectivity index is 3.03. The normalized spacial score (nSPS) is 11.2. The topological polar surface area (TPSA) is 9.23 Å². The molecule has 0 radical (unpaired) electrons. The highest BCUT2D eigenvalue weighted by molar-refractivity contribution is 9.09. The van der Waals surface area contributed by atoms with Crippen LogP contribution in [0.2, 0.25) is 0 Å². The highest BCUT2D eigenvalue weighted by Crippen LogP contribution is 2.33. The zero-order valence-electron chi connectivity index (χ0n) is 8.81. The van der Waals surface area contributed by atoms with Gasteiger partial charge in [-0.3, -0.25) is 0 Å². The summed E-state index contributed by atoms with van der Waals surface area (Å²) in [6.45, 7) is -3.10. The summed E-state index contributed by atoms with van der Waals surface area (Å²) in [6.07, 6.45) is -1.78. The second-order valence-electron chi connectivity index (χ2n) is 3.30. The van der Waals surface area contributed by atoms with Gasteiger partial charge in [0.2, 0.25) is 0 Å². The van der Waals surface area contributed by atoms with E-state index in [9.17, 15) is 17.6 Å². The molecule has 0 amide bonds. The molecule has 1 aromatic rings. The molecule has 0 fully saturated rings. The van der Waals surface area contributed by atoms with Crippen LogP contribution >= 0.6 is 15.9 Å². The predicted octanol–water partition coefficient (Wildman–Crippen LogP) is 4.55. The number of halogens is 5. The summed E-state index contributed by atoms with van der Waals surface area (Å²) in [5, 5.41) is 0.662. The Hall–Kier alpha value is -0.780. The number of benzene rings is 1. The average Bonchev–Trinajstić information content (AvgIpc) is 2.25. The van der Waals surface area contributed by atoms with Crippen LogP contribution < -0.4 is 4.74 Å². The maximum absolute atomic E-state index is 12.8. The van der Waals surface area contributed by atoms with Crippen molar-refractivity contribution in [2.45, 2.75) is 25.9 Å². The van der Waals surface area contributed by atoms with E-state index in [0.717, 1.165) is 6.07 Å². The van der Waals surface area contributed by atoms with E-state index in [2.05, 4.69) is 20.7 Å². The molecule has 1 nitrogen and oxygen atoms in total. The smallest absolute Gasteiger partial charge is 0.387 e. The van der Waals surface area contributed by atoms with E-state index < -0.39 is 24.3 Å². The van der Waals surface area contributed by atoms with Crippen molar-refractivity contribution in [2.75, 3.05) is 5.33 Å². The van der Waals surface area contributed by atoms with Crippen LogP contribution in [0.5, 0.6) is 5.75 Å². The Labute approximate surface area is 105 Å². The second-order valence-corrected chi connectivity index (χ2v) is 4.09. The minimum absolute atomic E-state index is 0.345. The number of hydrogen-bond acceptors (Lipinski definition) is 1. The van der Waals surface area contributed by atoms with Crippen LogP contribution in [0.15, 0.2) is 18.2 Å². The lowest BCUT2D eigenvalue weighted by Gasteiger charge is -2.14. The zero-order chi connectivity index (χ0) is 12.8. The van der Waals surface area contributed by atoms with Crippen LogP contribution in [-0.2, 0) is 6.42 Å². The Kier molecular flexibility index (Phi) is 5.74. The Bertz CT molecular complexity index is 357. The fourth-order valence-electron chi connectivity index (χ4n) is 1.51. The molecule has 0 saturated heterocycles. The molecule has 0 aromatic heterocycles. The van der Waals surface area contributed by atoms with Crippen molar-refractivity contribution in [3.05, 3.63) is 29.3 Å². The van der Waals surface area contributed by atoms with E-state index in [1.165, 1.54) is 12.1 Å². The zero-order valence-corrected chi connectivity index (χ0v) is 10.4. The number of aryl methyl sites for hydroxylation is 1. The molecule has 1 aromatic carbocycles. The number of rotatable bonds is 6. The second kappa shape index (κ2) is 6.83. The van der Waals surface area contributed by atoms with Crippen molar-refractivity contribution in [3.63, 3.8) is 0 Å². The molecule has 0 atom stereocenters. The molecule has 0 aliphatic rings. The first-order valence-electron chi connectivity index (χ1n) is 4.97.